The number of nitrogens with zero attached hydrogens (tertiary/aromatic N) is 3. The van der Waals surface area contributed by atoms with Crippen molar-refractivity contribution in [1.29, 1.82) is 0 Å². The molecule has 0 radical (unpaired) electrons. The van der Waals surface area contributed by atoms with Gasteiger partial charge >= 0.3 is 0 Å². The van der Waals surface area contributed by atoms with Crippen molar-refractivity contribution in [3.63, 3.8) is 0 Å². The van der Waals surface area contributed by atoms with Crippen LogP contribution in [0.25, 0.3) is 0 Å². The summed E-state index contributed by atoms with van der Waals surface area (Å²) < 4.78 is 12.3. The minimum absolute atomic E-state index is 0.336. The second kappa shape index (κ2) is 7.87. The standard InChI is InChI=1S/C18H21ClN4O4/c1-5-23-10(2)11(9-20-23)13-7-17(27-22-13)18(24)21-14-8-15(25-3)12(19)6-16(14)26-4/h6,8-9,17H,5,7H2,1-4H3,(H,21,24)/t17-/m0/s1. The molecule has 0 fully saturated rings. The lowest BCUT2D eigenvalue weighted by Gasteiger charge is -2.14. The van der Waals surface area contributed by atoms with Crippen LogP contribution in [0.4, 0.5) is 5.69 Å². The van der Waals surface area contributed by atoms with Crippen LogP contribution < -0.4 is 14.8 Å². The van der Waals surface area contributed by atoms with Crippen molar-refractivity contribution in [2.24, 2.45) is 5.16 Å². The average molecular weight is 393 g/mol. The van der Waals surface area contributed by atoms with E-state index in [4.69, 9.17) is 25.9 Å². The van der Waals surface area contributed by atoms with Crippen LogP contribution >= 0.6 is 11.6 Å². The second-order valence-corrected chi connectivity index (χ2v) is 6.38. The lowest BCUT2D eigenvalue weighted by Crippen LogP contribution is -2.28. The number of amides is 1. The Morgan fingerprint density at radius 1 is 1.37 bits per heavy atom. The molecule has 0 bridgehead atoms. The number of anilines is 1. The topological polar surface area (TPSA) is 87.0 Å². The number of carbonyl (C=O) groups is 1. The highest BCUT2D eigenvalue weighted by Gasteiger charge is 2.31. The molecule has 1 aliphatic rings. The molecule has 0 saturated heterocycles. The van der Waals surface area contributed by atoms with Crippen LogP contribution in [-0.2, 0) is 16.2 Å². The normalized spacial score (nSPS) is 15.9. The van der Waals surface area contributed by atoms with E-state index < -0.39 is 6.10 Å². The zero-order chi connectivity index (χ0) is 19.6. The average Bonchev–Trinajstić information content (AvgIpc) is 3.29. The SMILES string of the molecule is CCn1ncc(C2=NO[C@H](C(=O)Nc3cc(OC)c(Cl)cc3OC)C2)c1C. The van der Waals surface area contributed by atoms with Gasteiger partial charge in [-0.05, 0) is 13.8 Å². The summed E-state index contributed by atoms with van der Waals surface area (Å²) in [5.74, 6) is 0.518. The number of carbonyl (C=O) groups excluding carboxylic acids is 1. The maximum Gasteiger partial charge on any atom is 0.268 e. The fourth-order valence-electron chi connectivity index (χ4n) is 2.90. The van der Waals surface area contributed by atoms with Crippen LogP contribution in [0, 0.1) is 6.92 Å². The maximum absolute atomic E-state index is 12.6. The van der Waals surface area contributed by atoms with Crippen LogP contribution in [0.15, 0.2) is 23.5 Å². The molecule has 2 heterocycles. The van der Waals surface area contributed by atoms with E-state index in [2.05, 4.69) is 15.6 Å². The molecule has 1 N–H and O–H groups in total. The number of ether oxygens (including phenoxy) is 2. The first-order valence-electron chi connectivity index (χ1n) is 8.46. The highest BCUT2D eigenvalue weighted by atomic mass is 35.5. The molecule has 3 rings (SSSR count). The Hall–Kier alpha value is -2.74. The fraction of sp³-hybridized carbons (Fsp3) is 0.389. The van der Waals surface area contributed by atoms with Crippen LogP contribution in [0.3, 0.4) is 0 Å². The van der Waals surface area contributed by atoms with Crippen LogP contribution in [0.5, 0.6) is 11.5 Å². The number of methoxy groups -OCH3 is 2. The van der Waals surface area contributed by atoms with E-state index in [0.717, 1.165) is 17.8 Å². The summed E-state index contributed by atoms with van der Waals surface area (Å²) in [5.41, 5.74) is 3.02. The number of halogens is 1. The molecule has 1 aliphatic heterocycles. The molecule has 9 heteroatoms. The Morgan fingerprint density at radius 3 is 2.74 bits per heavy atom. The first-order valence-corrected chi connectivity index (χ1v) is 8.84. The summed E-state index contributed by atoms with van der Waals surface area (Å²) in [6.07, 6.45) is 1.36. The fourth-order valence-corrected chi connectivity index (χ4v) is 3.13. The van der Waals surface area contributed by atoms with Crippen molar-refractivity contribution in [2.75, 3.05) is 19.5 Å². The van der Waals surface area contributed by atoms with Crippen molar-refractivity contribution in [1.82, 2.24) is 9.78 Å². The first kappa shape index (κ1) is 19.0. The van der Waals surface area contributed by atoms with Crippen molar-refractivity contribution in [2.45, 2.75) is 32.9 Å². The van der Waals surface area contributed by atoms with E-state index >= 15 is 0 Å². The number of hydrogen-bond acceptors (Lipinski definition) is 6. The Kier molecular flexibility index (Phi) is 5.55. The molecule has 0 unspecified atom stereocenters. The van der Waals surface area contributed by atoms with Gasteiger partial charge < -0.3 is 19.6 Å². The number of aryl methyl sites for hydroxylation is 1. The summed E-state index contributed by atoms with van der Waals surface area (Å²) in [4.78, 5) is 18.0. The van der Waals surface area contributed by atoms with Gasteiger partial charge in [-0.2, -0.15) is 5.10 Å². The van der Waals surface area contributed by atoms with E-state index in [1.165, 1.54) is 14.2 Å². The number of oxime groups is 1. The Labute approximate surface area is 162 Å². The maximum atomic E-state index is 12.6. The quantitative estimate of drug-likeness (QED) is 0.816. The summed E-state index contributed by atoms with van der Waals surface area (Å²) in [5, 5.41) is 11.6. The monoisotopic (exact) mass is 392 g/mol. The van der Waals surface area contributed by atoms with Crippen molar-refractivity contribution in [3.8, 4) is 11.5 Å². The van der Waals surface area contributed by atoms with Gasteiger partial charge in [0.2, 0.25) is 6.10 Å². The molecule has 27 heavy (non-hydrogen) atoms. The zero-order valence-electron chi connectivity index (χ0n) is 15.6. The van der Waals surface area contributed by atoms with Gasteiger partial charge in [-0.1, -0.05) is 16.8 Å². The molecule has 2 aromatic rings. The van der Waals surface area contributed by atoms with E-state index in [9.17, 15) is 4.79 Å². The second-order valence-electron chi connectivity index (χ2n) is 5.97. The van der Waals surface area contributed by atoms with Gasteiger partial charge in [-0.25, -0.2) is 0 Å². The van der Waals surface area contributed by atoms with Gasteiger partial charge in [0.25, 0.3) is 5.91 Å². The van der Waals surface area contributed by atoms with Gasteiger partial charge in [0.05, 0.1) is 36.8 Å². The van der Waals surface area contributed by atoms with Crippen molar-refractivity contribution in [3.05, 3.63) is 34.6 Å². The Morgan fingerprint density at radius 2 is 2.11 bits per heavy atom. The number of hydrogen-bond donors (Lipinski definition) is 1. The Bertz CT molecular complexity index is 894. The minimum atomic E-state index is -0.740. The molecular weight excluding hydrogens is 372 g/mol. The van der Waals surface area contributed by atoms with E-state index in [-0.39, 0.29) is 5.91 Å². The molecule has 1 aromatic carbocycles. The summed E-state index contributed by atoms with van der Waals surface area (Å²) >= 11 is 6.09. The first-order chi connectivity index (χ1) is 13.0. The molecule has 1 amide bonds. The lowest BCUT2D eigenvalue weighted by molar-refractivity contribution is -0.125. The number of rotatable bonds is 6. The third-order valence-corrected chi connectivity index (χ3v) is 4.70. The third-order valence-electron chi connectivity index (χ3n) is 4.41. The van der Waals surface area contributed by atoms with Crippen molar-refractivity contribution >= 4 is 28.9 Å². The Balaban J connectivity index is 1.72. The number of nitrogens with one attached hydrogen (secondary N) is 1. The molecule has 1 atom stereocenters. The lowest BCUT2D eigenvalue weighted by atomic mass is 10.1. The predicted molar refractivity (Wildman–Crippen MR) is 102 cm³/mol. The molecular formula is C18H21ClN4O4. The summed E-state index contributed by atoms with van der Waals surface area (Å²) in [7, 11) is 2.99. The van der Waals surface area contributed by atoms with Gasteiger partial charge in [0, 0.05) is 36.4 Å². The number of benzene rings is 1. The molecule has 0 spiro atoms. The van der Waals surface area contributed by atoms with Crippen molar-refractivity contribution < 1.29 is 19.1 Å². The molecule has 1 aromatic heterocycles. The summed E-state index contributed by atoms with van der Waals surface area (Å²) in [6.45, 7) is 4.75. The van der Waals surface area contributed by atoms with Gasteiger partial charge in [0.15, 0.2) is 0 Å². The highest BCUT2D eigenvalue weighted by Crippen LogP contribution is 2.36. The van der Waals surface area contributed by atoms with Crippen LogP contribution in [0.1, 0.15) is 24.6 Å². The van der Waals surface area contributed by atoms with E-state index in [1.54, 1.807) is 18.3 Å². The van der Waals surface area contributed by atoms with Gasteiger partial charge in [0.1, 0.15) is 11.5 Å². The summed E-state index contributed by atoms with van der Waals surface area (Å²) in [6, 6.07) is 3.18. The minimum Gasteiger partial charge on any atom is -0.495 e. The molecule has 0 saturated carbocycles. The van der Waals surface area contributed by atoms with E-state index in [1.807, 2.05) is 18.5 Å². The molecule has 8 nitrogen and oxygen atoms in total. The predicted octanol–water partition coefficient (Wildman–Crippen LogP) is 3.01. The third kappa shape index (κ3) is 3.71. The number of aromatic nitrogens is 2. The van der Waals surface area contributed by atoms with Gasteiger partial charge in [-0.15, -0.1) is 0 Å². The zero-order valence-corrected chi connectivity index (χ0v) is 16.3. The van der Waals surface area contributed by atoms with Crippen LogP contribution in [0.2, 0.25) is 5.02 Å². The van der Waals surface area contributed by atoms with Crippen LogP contribution in [-0.4, -0.2) is 41.7 Å². The highest BCUT2D eigenvalue weighted by molar-refractivity contribution is 6.32. The molecule has 144 valence electrons. The van der Waals surface area contributed by atoms with Gasteiger partial charge in [-0.3, -0.25) is 9.48 Å². The smallest absolute Gasteiger partial charge is 0.268 e. The van der Waals surface area contributed by atoms with E-state index in [0.29, 0.717) is 34.3 Å². The largest absolute Gasteiger partial charge is 0.495 e. The molecule has 0 aliphatic carbocycles.